The van der Waals surface area contributed by atoms with Gasteiger partial charge in [0.1, 0.15) is 22.8 Å². The fraction of sp³-hybridized carbons (Fsp3) is 0.364. The van der Waals surface area contributed by atoms with Crippen molar-refractivity contribution in [2.24, 2.45) is 0 Å². The lowest BCUT2D eigenvalue weighted by Crippen LogP contribution is -2.15. The molecule has 1 aromatic rings. The Labute approximate surface area is 87.8 Å². The molecule has 4 nitrogen and oxygen atoms in total. The highest BCUT2D eigenvalue weighted by molar-refractivity contribution is 6.06. The second-order valence-electron chi connectivity index (χ2n) is 3.33. The number of benzene rings is 1. The van der Waals surface area contributed by atoms with Gasteiger partial charge in [0.25, 0.3) is 0 Å². The van der Waals surface area contributed by atoms with Gasteiger partial charge in [-0.3, -0.25) is 4.79 Å². The number of Topliss-reactive ketones (excluding diaryl/α,β-unsaturated/α-hetero) is 1. The summed E-state index contributed by atoms with van der Waals surface area (Å²) in [6.07, 6.45) is -0.444. The smallest absolute Gasteiger partial charge is 0.210 e. The standard InChI is InChI=1S/C11H12O4/c1-6-11(12)10-8(14-3)4-7(13-2)5-9(10)15-6/h4-6H,1-3H3. The Hall–Kier alpha value is -1.71. The van der Waals surface area contributed by atoms with Gasteiger partial charge in [-0.15, -0.1) is 0 Å². The topological polar surface area (TPSA) is 44.8 Å². The summed E-state index contributed by atoms with van der Waals surface area (Å²) in [5.41, 5.74) is 0.505. The first-order valence-electron chi connectivity index (χ1n) is 4.64. The molecule has 0 N–H and O–H groups in total. The Morgan fingerprint density at radius 1 is 1.27 bits per heavy atom. The molecule has 1 unspecified atom stereocenters. The van der Waals surface area contributed by atoms with E-state index in [-0.39, 0.29) is 5.78 Å². The van der Waals surface area contributed by atoms with E-state index in [1.807, 2.05) is 0 Å². The summed E-state index contributed by atoms with van der Waals surface area (Å²) in [7, 11) is 3.08. The van der Waals surface area contributed by atoms with Gasteiger partial charge in [0.05, 0.1) is 14.2 Å². The van der Waals surface area contributed by atoms with Crippen molar-refractivity contribution in [2.75, 3.05) is 14.2 Å². The summed E-state index contributed by atoms with van der Waals surface area (Å²) in [5, 5.41) is 0. The number of methoxy groups -OCH3 is 2. The van der Waals surface area contributed by atoms with Crippen molar-refractivity contribution in [3.8, 4) is 17.2 Å². The zero-order valence-electron chi connectivity index (χ0n) is 8.87. The van der Waals surface area contributed by atoms with Crippen LogP contribution in [0.2, 0.25) is 0 Å². The van der Waals surface area contributed by atoms with Crippen LogP contribution >= 0.6 is 0 Å². The molecule has 1 aliphatic heterocycles. The van der Waals surface area contributed by atoms with Gasteiger partial charge in [0.15, 0.2) is 6.10 Å². The lowest BCUT2D eigenvalue weighted by Gasteiger charge is -2.07. The zero-order valence-corrected chi connectivity index (χ0v) is 8.87. The van der Waals surface area contributed by atoms with Gasteiger partial charge >= 0.3 is 0 Å². The van der Waals surface area contributed by atoms with Gasteiger partial charge in [0, 0.05) is 12.1 Å². The maximum absolute atomic E-state index is 11.7. The van der Waals surface area contributed by atoms with E-state index in [2.05, 4.69) is 0 Å². The highest BCUT2D eigenvalue weighted by Crippen LogP contribution is 2.39. The number of carbonyl (C=O) groups excluding carboxylic acids is 1. The summed E-state index contributed by atoms with van der Waals surface area (Å²) >= 11 is 0. The molecule has 0 radical (unpaired) electrons. The van der Waals surface area contributed by atoms with Crippen molar-refractivity contribution in [1.29, 1.82) is 0 Å². The largest absolute Gasteiger partial charge is 0.496 e. The van der Waals surface area contributed by atoms with Crippen LogP contribution in [0.15, 0.2) is 12.1 Å². The minimum atomic E-state index is -0.444. The Bertz CT molecular complexity index is 411. The van der Waals surface area contributed by atoms with Crippen LogP contribution in [-0.4, -0.2) is 26.1 Å². The van der Waals surface area contributed by atoms with Crippen LogP contribution in [0.25, 0.3) is 0 Å². The molecule has 0 aliphatic carbocycles. The fourth-order valence-corrected chi connectivity index (χ4v) is 1.63. The third-order valence-corrected chi connectivity index (χ3v) is 2.41. The molecular formula is C11H12O4. The van der Waals surface area contributed by atoms with Crippen LogP contribution in [0.5, 0.6) is 17.2 Å². The van der Waals surface area contributed by atoms with E-state index in [4.69, 9.17) is 14.2 Å². The van der Waals surface area contributed by atoms with E-state index in [1.54, 1.807) is 26.2 Å². The quantitative estimate of drug-likeness (QED) is 0.741. The zero-order chi connectivity index (χ0) is 11.0. The molecule has 1 aromatic carbocycles. The van der Waals surface area contributed by atoms with Crippen molar-refractivity contribution in [1.82, 2.24) is 0 Å². The minimum absolute atomic E-state index is 0.0514. The highest BCUT2D eigenvalue weighted by atomic mass is 16.5. The van der Waals surface area contributed by atoms with Gasteiger partial charge < -0.3 is 14.2 Å². The second kappa shape index (κ2) is 3.46. The Morgan fingerprint density at radius 2 is 2.00 bits per heavy atom. The summed E-state index contributed by atoms with van der Waals surface area (Å²) in [6, 6.07) is 3.37. The number of rotatable bonds is 2. The van der Waals surface area contributed by atoms with Gasteiger partial charge in [-0.05, 0) is 6.92 Å². The van der Waals surface area contributed by atoms with Gasteiger partial charge in [-0.2, -0.15) is 0 Å². The van der Waals surface area contributed by atoms with E-state index < -0.39 is 6.10 Å². The SMILES string of the molecule is COc1cc(OC)c2c(c1)OC(C)C2=O. The van der Waals surface area contributed by atoms with Crippen LogP contribution in [-0.2, 0) is 0 Å². The Balaban J connectivity index is 2.58. The molecule has 0 spiro atoms. The minimum Gasteiger partial charge on any atom is -0.496 e. The molecule has 1 aliphatic rings. The molecule has 80 valence electrons. The fourth-order valence-electron chi connectivity index (χ4n) is 1.63. The lowest BCUT2D eigenvalue weighted by molar-refractivity contribution is 0.0877. The second-order valence-corrected chi connectivity index (χ2v) is 3.33. The average molecular weight is 208 g/mol. The number of carbonyl (C=O) groups is 1. The van der Waals surface area contributed by atoms with E-state index in [1.165, 1.54) is 7.11 Å². The number of hydrogen-bond acceptors (Lipinski definition) is 4. The van der Waals surface area contributed by atoms with E-state index in [0.29, 0.717) is 22.8 Å². The highest BCUT2D eigenvalue weighted by Gasteiger charge is 2.32. The van der Waals surface area contributed by atoms with Gasteiger partial charge in [0.2, 0.25) is 5.78 Å². The molecular weight excluding hydrogens is 196 g/mol. The number of hydrogen-bond donors (Lipinski definition) is 0. The normalized spacial score (nSPS) is 18.3. The first-order valence-corrected chi connectivity index (χ1v) is 4.64. The molecule has 0 fully saturated rings. The molecule has 1 heterocycles. The number of fused-ring (bicyclic) bond motifs is 1. The van der Waals surface area contributed by atoms with Crippen molar-refractivity contribution in [3.05, 3.63) is 17.7 Å². The van der Waals surface area contributed by atoms with E-state index in [0.717, 1.165) is 0 Å². The summed E-state index contributed by atoms with van der Waals surface area (Å²) in [5.74, 6) is 1.60. The first kappa shape index (κ1) is 9.83. The molecule has 0 aromatic heterocycles. The summed E-state index contributed by atoms with van der Waals surface area (Å²) in [4.78, 5) is 11.7. The van der Waals surface area contributed by atoms with Crippen molar-refractivity contribution < 1.29 is 19.0 Å². The van der Waals surface area contributed by atoms with Crippen molar-refractivity contribution >= 4 is 5.78 Å². The van der Waals surface area contributed by atoms with Crippen LogP contribution in [0.1, 0.15) is 17.3 Å². The predicted molar refractivity (Wildman–Crippen MR) is 54.0 cm³/mol. The summed E-state index contributed by atoms with van der Waals surface area (Å²) in [6.45, 7) is 1.72. The first-order chi connectivity index (χ1) is 7.17. The average Bonchev–Trinajstić information content (AvgIpc) is 2.53. The number of ether oxygens (including phenoxy) is 3. The molecule has 0 amide bonds. The Kier molecular flexibility index (Phi) is 2.26. The molecule has 0 saturated carbocycles. The third kappa shape index (κ3) is 1.42. The molecule has 0 saturated heterocycles. The molecule has 4 heteroatoms. The lowest BCUT2D eigenvalue weighted by atomic mass is 10.1. The molecule has 2 rings (SSSR count). The molecule has 1 atom stereocenters. The van der Waals surface area contributed by atoms with Crippen LogP contribution in [0.3, 0.4) is 0 Å². The van der Waals surface area contributed by atoms with E-state index >= 15 is 0 Å². The maximum Gasteiger partial charge on any atom is 0.210 e. The monoisotopic (exact) mass is 208 g/mol. The molecule has 15 heavy (non-hydrogen) atoms. The van der Waals surface area contributed by atoms with Gasteiger partial charge in [-0.25, -0.2) is 0 Å². The van der Waals surface area contributed by atoms with Crippen LogP contribution in [0, 0.1) is 0 Å². The van der Waals surface area contributed by atoms with E-state index in [9.17, 15) is 4.79 Å². The van der Waals surface area contributed by atoms with Gasteiger partial charge in [-0.1, -0.05) is 0 Å². The molecule has 0 bridgehead atoms. The predicted octanol–water partition coefficient (Wildman–Crippen LogP) is 1.67. The van der Waals surface area contributed by atoms with Crippen LogP contribution in [0.4, 0.5) is 0 Å². The third-order valence-electron chi connectivity index (χ3n) is 2.41. The maximum atomic E-state index is 11.7. The van der Waals surface area contributed by atoms with Crippen molar-refractivity contribution in [3.63, 3.8) is 0 Å². The van der Waals surface area contributed by atoms with Crippen LogP contribution < -0.4 is 14.2 Å². The Morgan fingerprint density at radius 3 is 2.60 bits per heavy atom. The summed E-state index contributed by atoms with van der Waals surface area (Å²) < 4.78 is 15.6. The van der Waals surface area contributed by atoms with Crippen molar-refractivity contribution in [2.45, 2.75) is 13.0 Å². The number of ketones is 1.